The van der Waals surface area contributed by atoms with Crippen molar-refractivity contribution in [3.8, 4) is 0 Å². The van der Waals surface area contributed by atoms with Gasteiger partial charge in [0.2, 0.25) is 0 Å². The highest BCUT2D eigenvalue weighted by molar-refractivity contribution is 14.1. The average molecular weight is 246 g/mol. The molecule has 0 bridgehead atoms. The third kappa shape index (κ3) is 8.61. The molecule has 0 aromatic heterocycles. The maximum Gasteiger partial charge on any atom is 0.0692 e. The Morgan fingerprint density at radius 2 is 2.00 bits per heavy atom. The fourth-order valence-corrected chi connectivity index (χ4v) is 0.479. The number of hydrogen-bond acceptors (Lipinski definition) is 3. The fourth-order valence-electron chi connectivity index (χ4n) is 0.282. The van der Waals surface area contributed by atoms with Crippen molar-refractivity contribution >= 4 is 22.9 Å². The topological polar surface area (TPSA) is 47.5 Å². The molecular formula is C5H15IN2O. The number of hydroxylamine groups is 1. The van der Waals surface area contributed by atoms with Gasteiger partial charge in [-0.05, 0) is 13.3 Å². The van der Waals surface area contributed by atoms with Crippen LogP contribution < -0.4 is 6.15 Å². The van der Waals surface area contributed by atoms with Crippen LogP contribution >= 0.6 is 22.9 Å². The van der Waals surface area contributed by atoms with E-state index in [1.54, 1.807) is 3.28 Å². The number of rotatable bonds is 4. The Labute approximate surface area is 70.8 Å². The summed E-state index contributed by atoms with van der Waals surface area (Å²) in [7, 11) is 0. The van der Waals surface area contributed by atoms with E-state index in [1.807, 2.05) is 0 Å². The summed E-state index contributed by atoms with van der Waals surface area (Å²) in [5.41, 5.74) is 0. The summed E-state index contributed by atoms with van der Waals surface area (Å²) < 4.78 is 1.81. The highest BCUT2D eigenvalue weighted by Gasteiger charge is 1.91. The van der Waals surface area contributed by atoms with Crippen molar-refractivity contribution in [2.75, 3.05) is 13.2 Å². The minimum Gasteiger partial charge on any atom is -0.344 e. The lowest BCUT2D eigenvalue weighted by Crippen LogP contribution is -2.11. The molecule has 3 nitrogen and oxygen atoms in total. The molecule has 0 aromatic rings. The zero-order chi connectivity index (χ0) is 6.41. The molecule has 0 saturated heterocycles. The number of hydrogen-bond donors (Lipinski definition) is 1. The first-order valence-electron chi connectivity index (χ1n) is 2.87. The monoisotopic (exact) mass is 246 g/mol. The van der Waals surface area contributed by atoms with Crippen LogP contribution in [0.3, 0.4) is 0 Å². The van der Waals surface area contributed by atoms with Gasteiger partial charge in [0.25, 0.3) is 0 Å². The van der Waals surface area contributed by atoms with Crippen LogP contribution in [0.25, 0.3) is 0 Å². The summed E-state index contributed by atoms with van der Waals surface area (Å²) in [5.74, 6) is 0. The van der Waals surface area contributed by atoms with E-state index in [4.69, 9.17) is 4.84 Å². The predicted octanol–water partition coefficient (Wildman–Crippen LogP) is 2.16. The molecule has 0 aliphatic rings. The molecule has 0 aliphatic heterocycles. The smallest absolute Gasteiger partial charge is 0.0692 e. The van der Waals surface area contributed by atoms with Crippen molar-refractivity contribution in [1.29, 1.82) is 0 Å². The minimum atomic E-state index is 0. The molecule has 0 saturated carbocycles. The van der Waals surface area contributed by atoms with E-state index in [-0.39, 0.29) is 6.15 Å². The van der Waals surface area contributed by atoms with Crippen molar-refractivity contribution in [3.05, 3.63) is 0 Å². The third-order valence-electron chi connectivity index (χ3n) is 0.684. The molecule has 0 radical (unpaired) electrons. The van der Waals surface area contributed by atoms with Gasteiger partial charge in [-0.25, -0.2) is 0 Å². The lowest BCUT2D eigenvalue weighted by molar-refractivity contribution is -0.0520. The summed E-state index contributed by atoms with van der Waals surface area (Å²) in [6, 6.07) is 0. The van der Waals surface area contributed by atoms with Crippen molar-refractivity contribution in [2.45, 2.75) is 20.3 Å². The summed E-state index contributed by atoms with van der Waals surface area (Å²) in [5, 5.41) is 0. The molecule has 58 valence electrons. The molecule has 0 amide bonds. The van der Waals surface area contributed by atoms with Gasteiger partial charge in [-0.2, -0.15) is 0 Å². The first kappa shape index (κ1) is 12.3. The van der Waals surface area contributed by atoms with Gasteiger partial charge < -0.3 is 6.15 Å². The third-order valence-corrected chi connectivity index (χ3v) is 1.64. The van der Waals surface area contributed by atoms with Crippen molar-refractivity contribution in [2.24, 2.45) is 0 Å². The van der Waals surface area contributed by atoms with E-state index in [2.05, 4.69) is 36.7 Å². The Bertz CT molecular complexity index is 54.2. The molecule has 0 heterocycles. The Balaban J connectivity index is 0. The molecule has 0 fully saturated rings. The Morgan fingerprint density at radius 1 is 1.44 bits per heavy atom. The standard InChI is InChI=1S/C5H12INO.H3N/c1-3-5-8-7(6)4-2;/h3-5H2,1-2H3;1H3. The molecule has 3 N–H and O–H groups in total. The zero-order valence-electron chi connectivity index (χ0n) is 6.06. The van der Waals surface area contributed by atoms with E-state index >= 15 is 0 Å². The van der Waals surface area contributed by atoms with E-state index in [0.29, 0.717) is 0 Å². The molecular weight excluding hydrogens is 231 g/mol. The van der Waals surface area contributed by atoms with Crippen LogP contribution in [0.1, 0.15) is 20.3 Å². The molecule has 9 heavy (non-hydrogen) atoms. The second-order valence-electron chi connectivity index (χ2n) is 1.47. The largest absolute Gasteiger partial charge is 0.344 e. The van der Waals surface area contributed by atoms with Gasteiger partial charge in [-0.3, -0.25) is 4.84 Å². The molecule has 0 unspecified atom stereocenters. The van der Waals surface area contributed by atoms with Gasteiger partial charge in [0.15, 0.2) is 0 Å². The quantitative estimate of drug-likeness (QED) is 0.469. The summed E-state index contributed by atoms with van der Waals surface area (Å²) >= 11 is 2.14. The lowest BCUT2D eigenvalue weighted by Gasteiger charge is -2.09. The predicted molar refractivity (Wildman–Crippen MR) is 47.7 cm³/mol. The molecule has 4 heteroatoms. The Kier molecular flexibility index (Phi) is 11.8. The molecule has 0 atom stereocenters. The first-order chi connectivity index (χ1) is 3.81. The molecule has 0 rings (SSSR count). The van der Waals surface area contributed by atoms with Crippen molar-refractivity contribution < 1.29 is 4.84 Å². The molecule has 0 aliphatic carbocycles. The van der Waals surface area contributed by atoms with Crippen LogP contribution in [-0.2, 0) is 4.84 Å². The van der Waals surface area contributed by atoms with Gasteiger partial charge in [-0.1, -0.05) is 6.92 Å². The van der Waals surface area contributed by atoms with Gasteiger partial charge in [0, 0.05) is 29.4 Å². The van der Waals surface area contributed by atoms with Gasteiger partial charge in [0.05, 0.1) is 6.61 Å². The van der Waals surface area contributed by atoms with Crippen LogP contribution in [0.15, 0.2) is 0 Å². The minimum absolute atomic E-state index is 0. The van der Waals surface area contributed by atoms with Crippen LogP contribution in [0.5, 0.6) is 0 Å². The second-order valence-corrected chi connectivity index (χ2v) is 2.54. The van der Waals surface area contributed by atoms with E-state index in [9.17, 15) is 0 Å². The van der Waals surface area contributed by atoms with Gasteiger partial charge in [-0.15, -0.1) is 3.28 Å². The van der Waals surface area contributed by atoms with Crippen LogP contribution in [0.2, 0.25) is 0 Å². The van der Waals surface area contributed by atoms with Gasteiger partial charge >= 0.3 is 0 Å². The Morgan fingerprint density at radius 3 is 2.33 bits per heavy atom. The van der Waals surface area contributed by atoms with E-state index in [0.717, 1.165) is 19.6 Å². The fraction of sp³-hybridized carbons (Fsp3) is 1.00. The molecule has 0 aromatic carbocycles. The summed E-state index contributed by atoms with van der Waals surface area (Å²) in [6.45, 7) is 5.93. The summed E-state index contributed by atoms with van der Waals surface area (Å²) in [4.78, 5) is 5.16. The summed E-state index contributed by atoms with van der Waals surface area (Å²) in [6.07, 6.45) is 1.08. The van der Waals surface area contributed by atoms with Crippen molar-refractivity contribution in [3.63, 3.8) is 0 Å². The highest BCUT2D eigenvalue weighted by Crippen LogP contribution is 1.98. The normalized spacial score (nSPS) is 9.33. The maximum atomic E-state index is 5.16. The zero-order valence-corrected chi connectivity index (χ0v) is 8.22. The highest BCUT2D eigenvalue weighted by atomic mass is 127. The van der Waals surface area contributed by atoms with Crippen LogP contribution in [-0.4, -0.2) is 16.4 Å². The lowest BCUT2D eigenvalue weighted by atomic mass is 10.5. The number of halogens is 1. The Hall–Kier alpha value is 0.610. The average Bonchev–Trinajstić information content (AvgIpc) is 1.83. The maximum absolute atomic E-state index is 5.16. The van der Waals surface area contributed by atoms with Crippen molar-refractivity contribution in [1.82, 2.24) is 9.43 Å². The van der Waals surface area contributed by atoms with Gasteiger partial charge in [0.1, 0.15) is 0 Å². The first-order valence-corrected chi connectivity index (χ1v) is 3.84. The second kappa shape index (κ2) is 8.61. The van der Waals surface area contributed by atoms with E-state index in [1.165, 1.54) is 0 Å². The number of nitrogens with zero attached hydrogens (tertiary/aromatic N) is 1. The SMILES string of the molecule is CCCON(I)CC.N. The van der Waals surface area contributed by atoms with Crippen LogP contribution in [0.4, 0.5) is 0 Å². The molecule has 0 spiro atoms. The van der Waals surface area contributed by atoms with E-state index < -0.39 is 0 Å². The van der Waals surface area contributed by atoms with Crippen LogP contribution in [0, 0.1) is 0 Å².